The molecule has 25 heavy (non-hydrogen) atoms. The second-order valence-electron chi connectivity index (χ2n) is 5.10. The molecule has 0 saturated heterocycles. The maximum absolute atomic E-state index is 12.5. The number of nitrogens with one attached hydrogen (secondary N) is 1. The fraction of sp³-hybridized carbons (Fsp3) is 0.111. The van der Waals surface area contributed by atoms with Crippen molar-refractivity contribution in [2.75, 3.05) is 19.5 Å². The topological polar surface area (TPSA) is 60.5 Å². The van der Waals surface area contributed by atoms with Crippen LogP contribution in [0.25, 0.3) is 11.3 Å². The van der Waals surface area contributed by atoms with Gasteiger partial charge in [-0.3, -0.25) is 10.1 Å². The Hall–Kier alpha value is -2.13. The molecule has 0 atom stereocenters. The minimum atomic E-state index is -0.263. The van der Waals surface area contributed by atoms with Crippen molar-refractivity contribution in [3.8, 4) is 22.8 Å². The predicted octanol–water partition coefficient (Wildman–Crippen LogP) is 4.68. The van der Waals surface area contributed by atoms with Crippen molar-refractivity contribution in [3.05, 3.63) is 57.0 Å². The quantitative estimate of drug-likeness (QED) is 0.555. The summed E-state index contributed by atoms with van der Waals surface area (Å²) >= 11 is 3.64. The average Bonchev–Trinajstić information content (AvgIpc) is 3.10. The fourth-order valence-electron chi connectivity index (χ4n) is 2.19. The Morgan fingerprint density at radius 2 is 1.72 bits per heavy atom. The molecule has 1 amide bonds. The summed E-state index contributed by atoms with van der Waals surface area (Å²) in [4.78, 5) is 17.0. The number of benzene rings is 2. The number of halogens is 1. The van der Waals surface area contributed by atoms with Gasteiger partial charge < -0.3 is 9.47 Å². The number of hydrogen-bond donors (Lipinski definition) is 1. The molecule has 1 heterocycles. The van der Waals surface area contributed by atoms with E-state index < -0.39 is 0 Å². The second-order valence-corrected chi connectivity index (χ2v) is 7.20. The highest BCUT2D eigenvalue weighted by Crippen LogP contribution is 2.27. The molecule has 5 nitrogen and oxygen atoms in total. The first kappa shape index (κ1) is 17.7. The number of rotatable bonds is 5. The zero-order valence-corrected chi connectivity index (χ0v) is 16.6. The summed E-state index contributed by atoms with van der Waals surface area (Å²) in [6, 6.07) is 13.1. The van der Waals surface area contributed by atoms with Crippen LogP contribution in [-0.4, -0.2) is 25.1 Å². The molecule has 0 aliphatic heterocycles. The van der Waals surface area contributed by atoms with Crippen molar-refractivity contribution < 1.29 is 14.3 Å². The molecule has 1 N–H and O–H groups in total. The first-order chi connectivity index (χ1) is 12.1. The van der Waals surface area contributed by atoms with Crippen LogP contribution >= 0.6 is 33.9 Å². The summed E-state index contributed by atoms with van der Waals surface area (Å²) in [6.07, 6.45) is 0. The Bertz CT molecular complexity index is 871. The second kappa shape index (κ2) is 7.83. The van der Waals surface area contributed by atoms with E-state index in [4.69, 9.17) is 9.47 Å². The van der Waals surface area contributed by atoms with Crippen molar-refractivity contribution >= 4 is 45.0 Å². The maximum Gasteiger partial charge on any atom is 0.257 e. The molecule has 0 saturated carbocycles. The highest BCUT2D eigenvalue weighted by molar-refractivity contribution is 14.1. The van der Waals surface area contributed by atoms with Gasteiger partial charge in [0.15, 0.2) is 5.13 Å². The molecule has 0 bridgehead atoms. The van der Waals surface area contributed by atoms with Gasteiger partial charge in [0.25, 0.3) is 5.91 Å². The molecule has 7 heteroatoms. The SMILES string of the molecule is COc1cc(OC)cc(C(=O)Nc2nc(-c3ccc(I)cc3)cs2)c1. The van der Waals surface area contributed by atoms with Gasteiger partial charge in [-0.25, -0.2) is 4.98 Å². The third-order valence-electron chi connectivity index (χ3n) is 3.48. The Morgan fingerprint density at radius 1 is 1.08 bits per heavy atom. The Balaban J connectivity index is 1.79. The van der Waals surface area contributed by atoms with Crippen LogP contribution < -0.4 is 14.8 Å². The normalized spacial score (nSPS) is 10.4. The Kier molecular flexibility index (Phi) is 5.54. The van der Waals surface area contributed by atoms with Crippen molar-refractivity contribution in [2.45, 2.75) is 0 Å². The summed E-state index contributed by atoms with van der Waals surface area (Å²) in [5, 5.41) is 5.28. The van der Waals surface area contributed by atoms with E-state index in [2.05, 4.69) is 32.9 Å². The predicted molar refractivity (Wildman–Crippen MR) is 108 cm³/mol. The van der Waals surface area contributed by atoms with E-state index in [1.165, 1.54) is 11.3 Å². The summed E-state index contributed by atoms with van der Waals surface area (Å²) in [7, 11) is 3.09. The molecule has 3 aromatic rings. The van der Waals surface area contributed by atoms with Crippen LogP contribution in [0, 0.1) is 3.57 Å². The van der Waals surface area contributed by atoms with Crippen molar-refractivity contribution in [2.24, 2.45) is 0 Å². The van der Waals surface area contributed by atoms with Crippen molar-refractivity contribution in [1.29, 1.82) is 0 Å². The number of carbonyl (C=O) groups excluding carboxylic acids is 1. The van der Waals surface area contributed by atoms with Gasteiger partial charge in [-0.05, 0) is 46.9 Å². The standard InChI is InChI=1S/C18H15IN2O3S/c1-23-14-7-12(8-15(9-14)24-2)17(22)21-18-20-16(10-25-18)11-3-5-13(19)6-4-11/h3-10H,1-2H3,(H,20,21,22). The monoisotopic (exact) mass is 466 g/mol. The van der Waals surface area contributed by atoms with E-state index in [1.807, 2.05) is 29.6 Å². The Morgan fingerprint density at radius 3 is 2.32 bits per heavy atom. The van der Waals surface area contributed by atoms with E-state index >= 15 is 0 Å². The zero-order valence-electron chi connectivity index (χ0n) is 13.6. The van der Waals surface area contributed by atoms with Crippen LogP contribution in [0.2, 0.25) is 0 Å². The van der Waals surface area contributed by atoms with Crippen LogP contribution in [0.15, 0.2) is 47.8 Å². The van der Waals surface area contributed by atoms with Crippen LogP contribution in [0.3, 0.4) is 0 Å². The number of thiazole rings is 1. The van der Waals surface area contributed by atoms with Crippen molar-refractivity contribution in [3.63, 3.8) is 0 Å². The van der Waals surface area contributed by atoms with E-state index in [0.29, 0.717) is 22.2 Å². The third-order valence-corrected chi connectivity index (χ3v) is 4.96. The van der Waals surface area contributed by atoms with E-state index in [0.717, 1.165) is 14.8 Å². The number of amides is 1. The first-order valence-electron chi connectivity index (χ1n) is 7.35. The van der Waals surface area contributed by atoms with Crippen molar-refractivity contribution in [1.82, 2.24) is 4.98 Å². The largest absolute Gasteiger partial charge is 0.497 e. The third kappa shape index (κ3) is 4.29. The number of carbonyl (C=O) groups is 1. The van der Waals surface area contributed by atoms with Gasteiger partial charge in [0.2, 0.25) is 0 Å². The smallest absolute Gasteiger partial charge is 0.257 e. The maximum atomic E-state index is 12.5. The van der Waals surface area contributed by atoms with Crippen LogP contribution in [0.4, 0.5) is 5.13 Å². The Labute approximate surface area is 163 Å². The van der Waals surface area contributed by atoms with Crippen LogP contribution in [0.5, 0.6) is 11.5 Å². The van der Waals surface area contributed by atoms with Gasteiger partial charge in [0, 0.05) is 26.1 Å². The summed E-state index contributed by atoms with van der Waals surface area (Å²) in [5.74, 6) is 0.854. The molecule has 0 aliphatic carbocycles. The van der Waals surface area contributed by atoms with Crippen LogP contribution in [0.1, 0.15) is 10.4 Å². The van der Waals surface area contributed by atoms with Crippen LogP contribution in [-0.2, 0) is 0 Å². The van der Waals surface area contributed by atoms with E-state index in [9.17, 15) is 4.79 Å². The summed E-state index contributed by atoms with van der Waals surface area (Å²) < 4.78 is 11.6. The molecule has 1 aromatic heterocycles. The molecule has 2 aromatic carbocycles. The number of methoxy groups -OCH3 is 2. The van der Waals surface area contributed by atoms with E-state index in [-0.39, 0.29) is 5.91 Å². The summed E-state index contributed by atoms with van der Waals surface area (Å²) in [5.41, 5.74) is 2.29. The molecule has 3 rings (SSSR count). The highest BCUT2D eigenvalue weighted by Gasteiger charge is 2.13. The van der Waals surface area contributed by atoms with Gasteiger partial charge in [-0.2, -0.15) is 0 Å². The first-order valence-corrected chi connectivity index (χ1v) is 9.31. The molecular weight excluding hydrogens is 451 g/mol. The molecule has 0 unspecified atom stereocenters. The fourth-order valence-corrected chi connectivity index (χ4v) is 3.27. The number of anilines is 1. The lowest BCUT2D eigenvalue weighted by Gasteiger charge is -2.08. The number of hydrogen-bond acceptors (Lipinski definition) is 5. The minimum Gasteiger partial charge on any atom is -0.497 e. The van der Waals surface area contributed by atoms with E-state index in [1.54, 1.807) is 32.4 Å². The van der Waals surface area contributed by atoms with Gasteiger partial charge in [0.1, 0.15) is 11.5 Å². The number of aromatic nitrogens is 1. The molecule has 0 radical (unpaired) electrons. The average molecular weight is 466 g/mol. The molecule has 0 spiro atoms. The highest BCUT2D eigenvalue weighted by atomic mass is 127. The zero-order chi connectivity index (χ0) is 17.8. The van der Waals surface area contributed by atoms with Gasteiger partial charge in [0.05, 0.1) is 19.9 Å². The van der Waals surface area contributed by atoms with Gasteiger partial charge in [-0.1, -0.05) is 12.1 Å². The molecule has 0 fully saturated rings. The van der Waals surface area contributed by atoms with Gasteiger partial charge in [-0.15, -0.1) is 11.3 Å². The summed E-state index contributed by atoms with van der Waals surface area (Å²) in [6.45, 7) is 0. The molecular formula is C18H15IN2O3S. The van der Waals surface area contributed by atoms with Gasteiger partial charge >= 0.3 is 0 Å². The number of ether oxygens (including phenoxy) is 2. The lowest BCUT2D eigenvalue weighted by atomic mass is 10.2. The minimum absolute atomic E-state index is 0.263. The lowest BCUT2D eigenvalue weighted by molar-refractivity contribution is 0.102. The molecule has 0 aliphatic rings. The molecule has 128 valence electrons. The number of nitrogens with zero attached hydrogens (tertiary/aromatic N) is 1. The lowest BCUT2D eigenvalue weighted by Crippen LogP contribution is -2.12.